The van der Waals surface area contributed by atoms with Crippen LogP contribution in [-0.2, 0) is 12.3 Å². The van der Waals surface area contributed by atoms with E-state index in [4.69, 9.17) is 0 Å². The Balaban J connectivity index is 1.35. The minimum atomic E-state index is 0.575. The zero-order valence-corrected chi connectivity index (χ0v) is 16.1. The van der Waals surface area contributed by atoms with E-state index in [0.29, 0.717) is 6.54 Å². The van der Waals surface area contributed by atoms with Gasteiger partial charge in [-0.2, -0.15) is 0 Å². The van der Waals surface area contributed by atoms with Crippen molar-refractivity contribution in [1.82, 2.24) is 20.2 Å². The van der Waals surface area contributed by atoms with Crippen molar-refractivity contribution in [1.29, 1.82) is 0 Å². The molecule has 2 heterocycles. The van der Waals surface area contributed by atoms with Crippen molar-refractivity contribution in [3.8, 4) is 10.6 Å². The summed E-state index contributed by atoms with van der Waals surface area (Å²) in [5.74, 6) is 1.61. The fourth-order valence-electron chi connectivity index (χ4n) is 2.42. The predicted octanol–water partition coefficient (Wildman–Crippen LogP) is 4.90. The van der Waals surface area contributed by atoms with Crippen LogP contribution in [0.1, 0.15) is 10.6 Å². The Morgan fingerprint density at radius 3 is 2.48 bits per heavy atom. The van der Waals surface area contributed by atoms with Gasteiger partial charge in [0.25, 0.3) is 0 Å². The Kier molecular flexibility index (Phi) is 5.71. The van der Waals surface area contributed by atoms with Crippen LogP contribution >= 0.6 is 23.1 Å². The normalized spacial score (nSPS) is 10.7. The summed E-state index contributed by atoms with van der Waals surface area (Å²) in [7, 11) is 0. The standard InChI is InChI=1S/C20H17N5S2/c1-3-7-15(8-4-1)14-26-18-12-21-11-17(23-18)22-13-19-24-25-20(27-19)16-9-5-2-6-10-16/h1-12H,13-14H2,(H,22,23). The minimum absolute atomic E-state index is 0.575. The molecule has 0 aliphatic heterocycles. The van der Waals surface area contributed by atoms with Gasteiger partial charge in [0.2, 0.25) is 0 Å². The van der Waals surface area contributed by atoms with Crippen molar-refractivity contribution in [2.75, 3.05) is 5.32 Å². The molecule has 2 aromatic carbocycles. The fraction of sp³-hybridized carbons (Fsp3) is 0.100. The summed E-state index contributed by atoms with van der Waals surface area (Å²) >= 11 is 3.25. The number of hydrogen-bond acceptors (Lipinski definition) is 7. The number of aromatic nitrogens is 4. The summed E-state index contributed by atoms with van der Waals surface area (Å²) < 4.78 is 0. The maximum Gasteiger partial charge on any atom is 0.147 e. The molecule has 0 saturated heterocycles. The molecule has 0 saturated carbocycles. The maximum atomic E-state index is 4.61. The topological polar surface area (TPSA) is 63.6 Å². The van der Waals surface area contributed by atoms with Crippen LogP contribution < -0.4 is 5.32 Å². The molecule has 0 amide bonds. The summed E-state index contributed by atoms with van der Waals surface area (Å²) in [5.41, 5.74) is 2.35. The Morgan fingerprint density at radius 1 is 0.889 bits per heavy atom. The van der Waals surface area contributed by atoms with Gasteiger partial charge in [0.05, 0.1) is 18.9 Å². The predicted molar refractivity (Wildman–Crippen MR) is 111 cm³/mol. The number of anilines is 1. The molecule has 134 valence electrons. The third-order valence-corrected chi connectivity index (χ3v) is 5.69. The first-order chi connectivity index (χ1) is 13.4. The summed E-state index contributed by atoms with van der Waals surface area (Å²) in [5, 5.41) is 14.5. The number of nitrogens with one attached hydrogen (secondary N) is 1. The third kappa shape index (κ3) is 4.90. The average Bonchev–Trinajstić information content (AvgIpc) is 3.22. The second-order valence-corrected chi connectivity index (χ2v) is 7.80. The highest BCUT2D eigenvalue weighted by molar-refractivity contribution is 7.98. The highest BCUT2D eigenvalue weighted by Gasteiger charge is 2.07. The fourth-order valence-corrected chi connectivity index (χ4v) is 4.01. The molecule has 0 atom stereocenters. The van der Waals surface area contributed by atoms with Crippen molar-refractivity contribution in [3.63, 3.8) is 0 Å². The summed E-state index contributed by atoms with van der Waals surface area (Å²) in [6.07, 6.45) is 3.52. The number of nitrogens with zero attached hydrogens (tertiary/aromatic N) is 4. The van der Waals surface area contributed by atoms with Gasteiger partial charge in [-0.25, -0.2) is 4.98 Å². The van der Waals surface area contributed by atoms with Crippen molar-refractivity contribution < 1.29 is 0 Å². The first-order valence-corrected chi connectivity index (χ1v) is 10.3. The number of thioether (sulfide) groups is 1. The number of benzene rings is 2. The van der Waals surface area contributed by atoms with Gasteiger partial charge >= 0.3 is 0 Å². The van der Waals surface area contributed by atoms with Crippen LogP contribution in [0.3, 0.4) is 0 Å². The lowest BCUT2D eigenvalue weighted by molar-refractivity contribution is 0.966. The highest BCUT2D eigenvalue weighted by Crippen LogP contribution is 2.24. The molecule has 0 radical (unpaired) electrons. The van der Waals surface area contributed by atoms with Crippen molar-refractivity contribution in [2.24, 2.45) is 0 Å². The zero-order valence-electron chi connectivity index (χ0n) is 14.4. The summed E-state index contributed by atoms with van der Waals surface area (Å²) in [6.45, 7) is 0.575. The molecule has 0 bridgehead atoms. The maximum absolute atomic E-state index is 4.61. The molecule has 0 spiro atoms. The van der Waals surface area contributed by atoms with Crippen molar-refractivity contribution >= 4 is 28.9 Å². The van der Waals surface area contributed by atoms with E-state index in [2.05, 4.69) is 37.6 Å². The molecule has 4 aromatic rings. The van der Waals surface area contributed by atoms with E-state index in [0.717, 1.165) is 32.2 Å². The molecule has 5 nitrogen and oxygen atoms in total. The van der Waals surface area contributed by atoms with Gasteiger partial charge in [-0.05, 0) is 5.56 Å². The van der Waals surface area contributed by atoms with Gasteiger partial charge in [-0.3, -0.25) is 4.98 Å². The van der Waals surface area contributed by atoms with Gasteiger partial charge in [0, 0.05) is 11.3 Å². The van der Waals surface area contributed by atoms with Gasteiger partial charge in [0.1, 0.15) is 20.9 Å². The highest BCUT2D eigenvalue weighted by atomic mass is 32.2. The Labute approximate surface area is 165 Å². The molecule has 0 unspecified atom stereocenters. The first kappa shape index (κ1) is 17.6. The van der Waals surface area contributed by atoms with Crippen LogP contribution in [-0.4, -0.2) is 20.2 Å². The minimum Gasteiger partial charge on any atom is -0.362 e. The monoisotopic (exact) mass is 391 g/mol. The molecular formula is C20H17N5S2. The number of rotatable bonds is 7. The summed E-state index contributed by atoms with van der Waals surface area (Å²) in [4.78, 5) is 8.90. The van der Waals surface area contributed by atoms with Gasteiger partial charge in [0.15, 0.2) is 0 Å². The molecule has 1 N–H and O–H groups in total. The Hall–Kier alpha value is -2.77. The van der Waals surface area contributed by atoms with Gasteiger partial charge in [-0.15, -0.1) is 22.0 Å². The quantitative estimate of drug-likeness (QED) is 0.452. The molecule has 27 heavy (non-hydrogen) atoms. The molecule has 0 fully saturated rings. The Bertz CT molecular complexity index is 989. The van der Waals surface area contributed by atoms with Crippen LogP contribution in [0.15, 0.2) is 78.1 Å². The van der Waals surface area contributed by atoms with Crippen molar-refractivity contribution in [3.05, 3.63) is 83.6 Å². The van der Waals surface area contributed by atoms with Crippen LogP contribution in [0.4, 0.5) is 5.82 Å². The van der Waals surface area contributed by atoms with Crippen LogP contribution in [0, 0.1) is 0 Å². The number of hydrogen-bond donors (Lipinski definition) is 1. The van der Waals surface area contributed by atoms with E-state index in [1.165, 1.54) is 5.56 Å². The molecule has 0 aliphatic carbocycles. The Morgan fingerprint density at radius 2 is 1.67 bits per heavy atom. The van der Waals surface area contributed by atoms with Gasteiger partial charge < -0.3 is 5.32 Å². The molecule has 7 heteroatoms. The average molecular weight is 392 g/mol. The third-order valence-electron chi connectivity index (χ3n) is 3.75. The molecular weight excluding hydrogens is 374 g/mol. The smallest absolute Gasteiger partial charge is 0.147 e. The van der Waals surface area contributed by atoms with E-state index < -0.39 is 0 Å². The van der Waals surface area contributed by atoms with Gasteiger partial charge in [-0.1, -0.05) is 72.0 Å². The summed E-state index contributed by atoms with van der Waals surface area (Å²) in [6, 6.07) is 20.4. The van der Waals surface area contributed by atoms with Crippen molar-refractivity contribution in [2.45, 2.75) is 17.3 Å². The lowest BCUT2D eigenvalue weighted by Crippen LogP contribution is -2.02. The molecule has 2 aromatic heterocycles. The second-order valence-electron chi connectivity index (χ2n) is 5.74. The van der Waals surface area contributed by atoms with Crippen LogP contribution in [0.5, 0.6) is 0 Å². The van der Waals surface area contributed by atoms with E-state index in [1.54, 1.807) is 35.5 Å². The van der Waals surface area contributed by atoms with E-state index in [9.17, 15) is 0 Å². The lowest BCUT2D eigenvalue weighted by Gasteiger charge is -2.05. The molecule has 0 aliphatic rings. The lowest BCUT2D eigenvalue weighted by atomic mass is 10.2. The van der Waals surface area contributed by atoms with E-state index >= 15 is 0 Å². The van der Waals surface area contributed by atoms with Crippen LogP contribution in [0.2, 0.25) is 0 Å². The van der Waals surface area contributed by atoms with E-state index in [1.807, 2.05) is 48.5 Å². The SMILES string of the molecule is c1ccc(CSc2cncc(NCc3nnc(-c4ccccc4)s3)n2)cc1. The molecule has 4 rings (SSSR count). The largest absolute Gasteiger partial charge is 0.362 e. The zero-order chi connectivity index (χ0) is 18.3. The first-order valence-electron chi connectivity index (χ1n) is 8.47. The second kappa shape index (κ2) is 8.75. The van der Waals surface area contributed by atoms with E-state index in [-0.39, 0.29) is 0 Å². The van der Waals surface area contributed by atoms with Crippen LogP contribution in [0.25, 0.3) is 10.6 Å².